The number of nitrogens with one attached hydrogen (secondary N) is 1. The van der Waals surface area contributed by atoms with Crippen LogP contribution in [-0.2, 0) is 21.2 Å². The number of rotatable bonds is 10. The molecule has 8 heteroatoms. The molecule has 33 heavy (non-hydrogen) atoms. The Morgan fingerprint density at radius 1 is 0.909 bits per heavy atom. The van der Waals surface area contributed by atoms with Crippen molar-refractivity contribution in [3.63, 3.8) is 0 Å². The van der Waals surface area contributed by atoms with Gasteiger partial charge in [0, 0.05) is 12.6 Å². The number of hydrogen-bond acceptors (Lipinski definition) is 5. The standard InChI is InChI=1S/C25H28N2O5S/c1-19-9-12-22(13-10-19)33(29,30)27(21-11-14-23(31-2)24(17-21)32-3)18-25(28)26-16-15-20-7-5-4-6-8-20/h4-14,17H,15-16,18H2,1-3H3,(H,26,28). The quantitative estimate of drug-likeness (QED) is 0.492. The molecule has 0 saturated carbocycles. The van der Waals surface area contributed by atoms with Crippen molar-refractivity contribution in [1.29, 1.82) is 0 Å². The molecule has 1 amide bonds. The van der Waals surface area contributed by atoms with Crippen molar-refractivity contribution in [2.24, 2.45) is 0 Å². The molecular weight excluding hydrogens is 440 g/mol. The van der Waals surface area contributed by atoms with Crippen molar-refractivity contribution in [2.45, 2.75) is 18.2 Å². The largest absolute Gasteiger partial charge is 0.493 e. The fourth-order valence-electron chi connectivity index (χ4n) is 3.31. The fourth-order valence-corrected chi connectivity index (χ4v) is 4.72. The molecule has 0 saturated heterocycles. The summed E-state index contributed by atoms with van der Waals surface area (Å²) >= 11 is 0. The van der Waals surface area contributed by atoms with Crippen molar-refractivity contribution >= 4 is 21.6 Å². The van der Waals surface area contributed by atoms with E-state index >= 15 is 0 Å². The summed E-state index contributed by atoms with van der Waals surface area (Å²) < 4.78 is 38.7. The minimum absolute atomic E-state index is 0.0972. The highest BCUT2D eigenvalue weighted by Crippen LogP contribution is 2.33. The van der Waals surface area contributed by atoms with Crippen molar-refractivity contribution in [3.05, 3.63) is 83.9 Å². The van der Waals surface area contributed by atoms with E-state index in [1.807, 2.05) is 37.3 Å². The molecule has 1 N–H and O–H groups in total. The molecular formula is C25H28N2O5S. The molecule has 0 aliphatic rings. The van der Waals surface area contributed by atoms with E-state index in [1.54, 1.807) is 30.3 Å². The highest BCUT2D eigenvalue weighted by atomic mass is 32.2. The smallest absolute Gasteiger partial charge is 0.264 e. The van der Waals surface area contributed by atoms with Crippen LogP contribution in [-0.4, -0.2) is 41.6 Å². The lowest BCUT2D eigenvalue weighted by Gasteiger charge is -2.25. The molecule has 3 aromatic carbocycles. The Bertz CT molecular complexity index is 1180. The van der Waals surface area contributed by atoms with Gasteiger partial charge < -0.3 is 14.8 Å². The molecule has 0 unspecified atom stereocenters. The number of benzene rings is 3. The minimum atomic E-state index is -4.01. The second-order valence-electron chi connectivity index (χ2n) is 7.45. The maximum Gasteiger partial charge on any atom is 0.264 e. The van der Waals surface area contributed by atoms with Crippen molar-refractivity contribution in [2.75, 3.05) is 31.6 Å². The Morgan fingerprint density at radius 3 is 2.21 bits per heavy atom. The first-order valence-corrected chi connectivity index (χ1v) is 11.9. The lowest BCUT2D eigenvalue weighted by molar-refractivity contribution is -0.119. The molecule has 3 rings (SSSR count). The van der Waals surface area contributed by atoms with Gasteiger partial charge in [-0.15, -0.1) is 0 Å². The number of nitrogens with zero attached hydrogens (tertiary/aromatic N) is 1. The molecule has 0 radical (unpaired) electrons. The summed E-state index contributed by atoms with van der Waals surface area (Å²) in [7, 11) is -1.04. The average molecular weight is 469 g/mol. The molecule has 0 spiro atoms. The van der Waals surface area contributed by atoms with Gasteiger partial charge in [0.15, 0.2) is 11.5 Å². The second-order valence-corrected chi connectivity index (χ2v) is 9.31. The van der Waals surface area contributed by atoms with Crippen molar-refractivity contribution < 1.29 is 22.7 Å². The summed E-state index contributed by atoms with van der Waals surface area (Å²) in [6.07, 6.45) is 0.646. The Labute approximate surface area is 195 Å². The van der Waals surface area contributed by atoms with Crippen LogP contribution in [0.5, 0.6) is 11.5 Å². The highest BCUT2D eigenvalue weighted by Gasteiger charge is 2.28. The summed E-state index contributed by atoms with van der Waals surface area (Å²) in [5, 5.41) is 2.81. The van der Waals surface area contributed by atoms with E-state index in [-0.39, 0.29) is 11.4 Å². The molecule has 0 heterocycles. The molecule has 0 atom stereocenters. The summed E-state index contributed by atoms with van der Waals surface area (Å²) in [5.41, 5.74) is 2.32. The van der Waals surface area contributed by atoms with Gasteiger partial charge in [-0.3, -0.25) is 9.10 Å². The number of aryl methyl sites for hydroxylation is 1. The van der Waals surface area contributed by atoms with E-state index in [0.29, 0.717) is 30.2 Å². The van der Waals surface area contributed by atoms with Gasteiger partial charge in [-0.25, -0.2) is 8.42 Å². The van der Waals surface area contributed by atoms with Gasteiger partial charge in [0.05, 0.1) is 24.8 Å². The number of sulfonamides is 1. The summed E-state index contributed by atoms with van der Waals surface area (Å²) in [4.78, 5) is 12.9. The number of anilines is 1. The molecule has 0 fully saturated rings. The fraction of sp³-hybridized carbons (Fsp3) is 0.240. The lowest BCUT2D eigenvalue weighted by Crippen LogP contribution is -2.41. The van der Waals surface area contributed by atoms with Crippen LogP contribution in [0, 0.1) is 6.92 Å². The molecule has 0 aromatic heterocycles. The molecule has 0 bridgehead atoms. The number of amides is 1. The number of ether oxygens (including phenoxy) is 2. The first-order chi connectivity index (χ1) is 15.8. The average Bonchev–Trinajstić information content (AvgIpc) is 2.83. The van der Waals surface area contributed by atoms with Crippen LogP contribution in [0.25, 0.3) is 0 Å². The second kappa shape index (κ2) is 10.9. The third-order valence-corrected chi connectivity index (χ3v) is 6.92. The zero-order valence-electron chi connectivity index (χ0n) is 18.9. The Morgan fingerprint density at radius 2 is 1.58 bits per heavy atom. The predicted molar refractivity (Wildman–Crippen MR) is 128 cm³/mol. The first-order valence-electron chi connectivity index (χ1n) is 10.5. The SMILES string of the molecule is COc1ccc(N(CC(=O)NCCc2ccccc2)S(=O)(=O)c2ccc(C)cc2)cc1OC. The third kappa shape index (κ3) is 6.04. The first kappa shape index (κ1) is 24.1. The van der Waals surface area contributed by atoms with Crippen LogP contribution in [0.2, 0.25) is 0 Å². The number of carbonyl (C=O) groups is 1. The van der Waals surface area contributed by atoms with Crippen LogP contribution in [0.1, 0.15) is 11.1 Å². The highest BCUT2D eigenvalue weighted by molar-refractivity contribution is 7.92. The Hall–Kier alpha value is -3.52. The molecule has 174 valence electrons. The van der Waals surface area contributed by atoms with Crippen LogP contribution in [0.15, 0.2) is 77.7 Å². The third-order valence-electron chi connectivity index (χ3n) is 5.13. The van der Waals surface area contributed by atoms with E-state index < -0.39 is 15.9 Å². The van der Waals surface area contributed by atoms with Gasteiger partial charge in [-0.1, -0.05) is 48.0 Å². The van der Waals surface area contributed by atoms with Gasteiger partial charge >= 0.3 is 0 Å². The number of carbonyl (C=O) groups excluding carboxylic acids is 1. The summed E-state index contributed by atoms with van der Waals surface area (Å²) in [6.45, 7) is 1.90. The van der Waals surface area contributed by atoms with E-state index in [1.165, 1.54) is 26.4 Å². The topological polar surface area (TPSA) is 84.9 Å². The van der Waals surface area contributed by atoms with E-state index in [0.717, 1.165) is 15.4 Å². The summed E-state index contributed by atoms with van der Waals surface area (Å²) in [5.74, 6) is 0.418. The van der Waals surface area contributed by atoms with Gasteiger partial charge in [-0.2, -0.15) is 0 Å². The predicted octanol–water partition coefficient (Wildman–Crippen LogP) is 3.57. The van der Waals surface area contributed by atoms with E-state index in [2.05, 4.69) is 5.32 Å². The molecule has 3 aromatic rings. The Balaban J connectivity index is 1.86. The van der Waals surface area contributed by atoms with Crippen molar-refractivity contribution in [3.8, 4) is 11.5 Å². The maximum atomic E-state index is 13.5. The number of hydrogen-bond donors (Lipinski definition) is 1. The van der Waals surface area contributed by atoms with Crippen LogP contribution < -0.4 is 19.1 Å². The Kier molecular flexibility index (Phi) is 7.95. The zero-order valence-corrected chi connectivity index (χ0v) is 19.8. The molecule has 0 aliphatic carbocycles. The minimum Gasteiger partial charge on any atom is -0.493 e. The molecule has 7 nitrogen and oxygen atoms in total. The lowest BCUT2D eigenvalue weighted by atomic mass is 10.1. The monoisotopic (exact) mass is 468 g/mol. The zero-order chi connectivity index (χ0) is 23.8. The molecule has 0 aliphatic heterocycles. The van der Waals surface area contributed by atoms with Gasteiger partial charge in [-0.05, 0) is 43.2 Å². The number of methoxy groups -OCH3 is 2. The van der Waals surface area contributed by atoms with Gasteiger partial charge in [0.1, 0.15) is 6.54 Å². The van der Waals surface area contributed by atoms with Crippen LogP contribution in [0.4, 0.5) is 5.69 Å². The normalized spacial score (nSPS) is 11.0. The van der Waals surface area contributed by atoms with Crippen molar-refractivity contribution in [1.82, 2.24) is 5.32 Å². The van der Waals surface area contributed by atoms with Crippen LogP contribution in [0.3, 0.4) is 0 Å². The maximum absolute atomic E-state index is 13.5. The van der Waals surface area contributed by atoms with E-state index in [4.69, 9.17) is 9.47 Å². The van der Waals surface area contributed by atoms with Crippen LogP contribution >= 0.6 is 0 Å². The summed E-state index contributed by atoms with van der Waals surface area (Å²) in [6, 6.07) is 21.0. The van der Waals surface area contributed by atoms with Gasteiger partial charge in [0.25, 0.3) is 10.0 Å². The van der Waals surface area contributed by atoms with Gasteiger partial charge in [0.2, 0.25) is 5.91 Å². The van der Waals surface area contributed by atoms with E-state index in [9.17, 15) is 13.2 Å².